The first-order chi connectivity index (χ1) is 10.9. The Morgan fingerprint density at radius 3 is 2.43 bits per heavy atom. The van der Waals surface area contributed by atoms with Crippen LogP contribution in [-0.4, -0.2) is 29.7 Å². The fourth-order valence-corrected chi connectivity index (χ4v) is 2.76. The molecule has 0 aliphatic rings. The molecule has 3 rings (SSSR count). The van der Waals surface area contributed by atoms with Crippen LogP contribution in [0.4, 0.5) is 0 Å². The quantitative estimate of drug-likeness (QED) is 0.689. The first-order valence-corrected chi connectivity index (χ1v) is 8.08. The summed E-state index contributed by atoms with van der Waals surface area (Å²) in [5.41, 5.74) is 0.901. The molecule has 0 saturated carbocycles. The zero-order valence-corrected chi connectivity index (χ0v) is 14.4. The SMILES string of the molecule is Cn1c(Sc2ccnc(C(C)(C)C)n2)nnc1-c1ccncc1. The third-order valence-electron chi connectivity index (χ3n) is 3.27. The van der Waals surface area contributed by atoms with Crippen LogP contribution in [-0.2, 0) is 12.5 Å². The van der Waals surface area contributed by atoms with Crippen LogP contribution in [0.2, 0.25) is 0 Å². The van der Waals surface area contributed by atoms with Crippen molar-refractivity contribution in [2.24, 2.45) is 7.05 Å². The van der Waals surface area contributed by atoms with Gasteiger partial charge in [0.2, 0.25) is 0 Å². The van der Waals surface area contributed by atoms with Gasteiger partial charge in [-0.15, -0.1) is 10.2 Å². The normalized spacial score (nSPS) is 11.7. The molecule has 0 aliphatic carbocycles. The zero-order valence-electron chi connectivity index (χ0n) is 13.6. The Balaban J connectivity index is 1.89. The highest BCUT2D eigenvalue weighted by molar-refractivity contribution is 7.99. The molecule has 0 saturated heterocycles. The van der Waals surface area contributed by atoms with Crippen LogP contribution in [0.1, 0.15) is 26.6 Å². The van der Waals surface area contributed by atoms with Crippen LogP contribution in [0.3, 0.4) is 0 Å². The molecule has 0 bridgehead atoms. The van der Waals surface area contributed by atoms with Crippen molar-refractivity contribution in [2.75, 3.05) is 0 Å². The predicted molar refractivity (Wildman–Crippen MR) is 89.1 cm³/mol. The molecular weight excluding hydrogens is 308 g/mol. The van der Waals surface area contributed by atoms with Gasteiger partial charge in [0.25, 0.3) is 0 Å². The highest BCUT2D eigenvalue weighted by Crippen LogP contribution is 2.28. The Morgan fingerprint density at radius 2 is 1.74 bits per heavy atom. The molecule has 23 heavy (non-hydrogen) atoms. The second-order valence-electron chi connectivity index (χ2n) is 6.17. The molecule has 0 unspecified atom stereocenters. The van der Waals surface area contributed by atoms with E-state index in [4.69, 9.17) is 0 Å². The van der Waals surface area contributed by atoms with E-state index in [9.17, 15) is 0 Å². The fraction of sp³-hybridized carbons (Fsp3) is 0.312. The predicted octanol–water partition coefficient (Wildman–Crippen LogP) is 3.12. The largest absolute Gasteiger partial charge is 0.305 e. The number of pyridine rings is 1. The van der Waals surface area contributed by atoms with Gasteiger partial charge in [-0.05, 0) is 30.0 Å². The Morgan fingerprint density at radius 1 is 1.00 bits per heavy atom. The van der Waals surface area contributed by atoms with Gasteiger partial charge in [0.1, 0.15) is 10.9 Å². The van der Waals surface area contributed by atoms with Gasteiger partial charge < -0.3 is 4.57 Å². The van der Waals surface area contributed by atoms with Gasteiger partial charge in [0, 0.05) is 36.6 Å². The monoisotopic (exact) mass is 326 g/mol. The molecule has 118 valence electrons. The van der Waals surface area contributed by atoms with E-state index in [0.29, 0.717) is 0 Å². The molecule has 0 fully saturated rings. The average molecular weight is 326 g/mol. The van der Waals surface area contributed by atoms with E-state index in [2.05, 4.69) is 45.9 Å². The number of rotatable bonds is 3. The molecule has 0 N–H and O–H groups in total. The van der Waals surface area contributed by atoms with Crippen LogP contribution in [0, 0.1) is 0 Å². The van der Waals surface area contributed by atoms with Crippen molar-refractivity contribution in [3.05, 3.63) is 42.6 Å². The number of hydrogen-bond acceptors (Lipinski definition) is 6. The van der Waals surface area contributed by atoms with Gasteiger partial charge in [-0.25, -0.2) is 9.97 Å². The minimum absolute atomic E-state index is 0.0847. The third-order valence-corrected chi connectivity index (χ3v) is 4.24. The Hall–Kier alpha value is -2.28. The summed E-state index contributed by atoms with van der Waals surface area (Å²) >= 11 is 1.48. The summed E-state index contributed by atoms with van der Waals surface area (Å²) in [5.74, 6) is 1.62. The van der Waals surface area contributed by atoms with Crippen LogP contribution < -0.4 is 0 Å². The van der Waals surface area contributed by atoms with Crippen molar-refractivity contribution >= 4 is 11.8 Å². The first-order valence-electron chi connectivity index (χ1n) is 7.26. The third kappa shape index (κ3) is 3.39. The summed E-state index contributed by atoms with van der Waals surface area (Å²) in [5, 5.41) is 10.2. The number of nitrogens with zero attached hydrogens (tertiary/aromatic N) is 6. The lowest BCUT2D eigenvalue weighted by atomic mass is 9.96. The summed E-state index contributed by atoms with van der Waals surface area (Å²) < 4.78 is 1.96. The van der Waals surface area contributed by atoms with Crippen molar-refractivity contribution in [3.63, 3.8) is 0 Å². The summed E-state index contributed by atoms with van der Waals surface area (Å²) in [6.45, 7) is 6.29. The lowest BCUT2D eigenvalue weighted by Crippen LogP contribution is -2.15. The topological polar surface area (TPSA) is 69.4 Å². The average Bonchev–Trinajstić information content (AvgIpc) is 2.89. The standard InChI is InChI=1S/C16H18N6S/c1-16(2,3)14-18-10-7-12(19-14)23-15-21-20-13(22(15)4)11-5-8-17-9-6-11/h5-10H,1-4H3. The summed E-state index contributed by atoms with van der Waals surface area (Å²) in [6, 6.07) is 5.72. The molecule has 7 heteroatoms. The van der Waals surface area contributed by atoms with E-state index in [1.165, 1.54) is 11.8 Å². The van der Waals surface area contributed by atoms with E-state index >= 15 is 0 Å². The maximum atomic E-state index is 4.62. The molecule has 6 nitrogen and oxygen atoms in total. The molecule has 0 amide bonds. The molecule has 0 radical (unpaired) electrons. The molecular formula is C16H18N6S. The zero-order chi connectivity index (χ0) is 16.4. The smallest absolute Gasteiger partial charge is 0.197 e. The first kappa shape index (κ1) is 15.6. The Bertz CT molecular complexity index is 807. The maximum absolute atomic E-state index is 4.62. The highest BCUT2D eigenvalue weighted by Gasteiger charge is 2.18. The Labute approximate surface area is 139 Å². The van der Waals surface area contributed by atoms with Crippen molar-refractivity contribution < 1.29 is 0 Å². The minimum Gasteiger partial charge on any atom is -0.305 e. The van der Waals surface area contributed by atoms with Crippen LogP contribution in [0.15, 0.2) is 47.0 Å². The summed E-state index contributed by atoms with van der Waals surface area (Å²) in [7, 11) is 1.95. The van der Waals surface area contributed by atoms with Gasteiger partial charge in [-0.1, -0.05) is 20.8 Å². The van der Waals surface area contributed by atoms with E-state index in [-0.39, 0.29) is 5.41 Å². The van der Waals surface area contributed by atoms with E-state index in [0.717, 1.165) is 27.4 Å². The van der Waals surface area contributed by atoms with Gasteiger partial charge >= 0.3 is 0 Å². The second-order valence-corrected chi connectivity index (χ2v) is 7.16. The molecule has 0 atom stereocenters. The minimum atomic E-state index is -0.0847. The summed E-state index contributed by atoms with van der Waals surface area (Å²) in [4.78, 5) is 13.0. The van der Waals surface area contributed by atoms with E-state index in [1.807, 2.05) is 29.8 Å². The number of aromatic nitrogens is 6. The van der Waals surface area contributed by atoms with Gasteiger partial charge in [0.15, 0.2) is 11.0 Å². The van der Waals surface area contributed by atoms with Gasteiger partial charge in [-0.2, -0.15) is 0 Å². The lowest BCUT2D eigenvalue weighted by molar-refractivity contribution is 0.538. The Kier molecular flexibility index (Phi) is 4.12. The van der Waals surface area contributed by atoms with E-state index < -0.39 is 0 Å². The fourth-order valence-electron chi connectivity index (χ4n) is 2.01. The van der Waals surface area contributed by atoms with E-state index in [1.54, 1.807) is 18.6 Å². The van der Waals surface area contributed by atoms with Crippen molar-refractivity contribution in [3.8, 4) is 11.4 Å². The van der Waals surface area contributed by atoms with Crippen molar-refractivity contribution in [2.45, 2.75) is 36.4 Å². The molecule has 0 aromatic carbocycles. The lowest BCUT2D eigenvalue weighted by Gasteiger charge is -2.16. The van der Waals surface area contributed by atoms with Crippen LogP contribution >= 0.6 is 11.8 Å². The highest BCUT2D eigenvalue weighted by atomic mass is 32.2. The molecule has 3 heterocycles. The van der Waals surface area contributed by atoms with Gasteiger partial charge in [0.05, 0.1) is 0 Å². The van der Waals surface area contributed by atoms with Crippen LogP contribution in [0.25, 0.3) is 11.4 Å². The molecule has 3 aromatic heterocycles. The van der Waals surface area contributed by atoms with Crippen molar-refractivity contribution in [1.29, 1.82) is 0 Å². The van der Waals surface area contributed by atoms with Crippen LogP contribution in [0.5, 0.6) is 0 Å². The molecule has 0 aliphatic heterocycles. The maximum Gasteiger partial charge on any atom is 0.197 e. The summed E-state index contributed by atoms with van der Waals surface area (Å²) in [6.07, 6.45) is 5.28. The number of hydrogen-bond donors (Lipinski definition) is 0. The molecule has 0 spiro atoms. The van der Waals surface area contributed by atoms with Gasteiger partial charge in [-0.3, -0.25) is 4.98 Å². The van der Waals surface area contributed by atoms with Crippen molar-refractivity contribution in [1.82, 2.24) is 29.7 Å². The second kappa shape index (κ2) is 6.08. The molecule has 3 aromatic rings.